The van der Waals surface area contributed by atoms with E-state index >= 15 is 0 Å². The van der Waals surface area contributed by atoms with Crippen molar-refractivity contribution in [2.75, 3.05) is 0 Å². The Bertz CT molecular complexity index is 716. The van der Waals surface area contributed by atoms with Gasteiger partial charge in [0.15, 0.2) is 0 Å². The summed E-state index contributed by atoms with van der Waals surface area (Å²) in [6, 6.07) is 16.5. The Morgan fingerprint density at radius 2 is 1.95 bits per heavy atom. The van der Waals surface area contributed by atoms with Crippen molar-refractivity contribution in [1.82, 2.24) is 4.98 Å². The van der Waals surface area contributed by atoms with Gasteiger partial charge in [0.1, 0.15) is 12.4 Å². The van der Waals surface area contributed by atoms with Crippen LogP contribution < -0.4 is 10.5 Å². The summed E-state index contributed by atoms with van der Waals surface area (Å²) in [6.07, 6.45) is 2.90. The summed E-state index contributed by atoms with van der Waals surface area (Å²) < 4.78 is 5.88. The molecule has 0 fully saturated rings. The topological polar surface area (TPSA) is 51.0 Å². The molecule has 0 spiro atoms. The van der Waals surface area contributed by atoms with E-state index in [4.69, 9.17) is 10.5 Å². The van der Waals surface area contributed by atoms with Crippen LogP contribution in [0.3, 0.4) is 0 Å². The quantitative estimate of drug-likeness (QED) is 0.749. The molecule has 0 saturated carbocycles. The Labute approximate surface area is 124 Å². The maximum atomic E-state index is 5.90. The molecular formula is C18H20N2O. The van der Waals surface area contributed by atoms with Crippen molar-refractivity contribution in [1.29, 1.82) is 0 Å². The number of benzene rings is 2. The van der Waals surface area contributed by atoms with Gasteiger partial charge in [-0.05, 0) is 42.7 Å². The summed E-state index contributed by atoms with van der Waals surface area (Å²) in [5, 5.41) is 1.19. The maximum absolute atomic E-state index is 5.90. The van der Waals surface area contributed by atoms with Gasteiger partial charge >= 0.3 is 0 Å². The molecule has 0 aliphatic carbocycles. The maximum Gasteiger partial charge on any atom is 0.120 e. The third-order valence-corrected chi connectivity index (χ3v) is 3.53. The van der Waals surface area contributed by atoms with Crippen molar-refractivity contribution in [3.8, 4) is 5.75 Å². The second-order valence-electron chi connectivity index (χ2n) is 5.48. The molecule has 0 amide bonds. The Balaban J connectivity index is 1.79. The van der Waals surface area contributed by atoms with Gasteiger partial charge in [0.2, 0.25) is 0 Å². The Morgan fingerprint density at radius 3 is 2.71 bits per heavy atom. The van der Waals surface area contributed by atoms with E-state index in [1.165, 1.54) is 16.5 Å². The summed E-state index contributed by atoms with van der Waals surface area (Å²) >= 11 is 0. The monoisotopic (exact) mass is 280 g/mol. The van der Waals surface area contributed by atoms with E-state index in [1.807, 2.05) is 37.4 Å². The predicted octanol–water partition coefficient (Wildman–Crippen LogP) is 3.64. The SMILES string of the molecule is C[C@H](N)Cc1c[nH]c2ccc(OCc3ccccc3)cc12. The molecule has 3 rings (SSSR count). The van der Waals surface area contributed by atoms with Crippen LogP contribution in [0.1, 0.15) is 18.1 Å². The van der Waals surface area contributed by atoms with E-state index in [-0.39, 0.29) is 6.04 Å². The second kappa shape index (κ2) is 6.02. The zero-order chi connectivity index (χ0) is 14.7. The average molecular weight is 280 g/mol. The highest BCUT2D eigenvalue weighted by atomic mass is 16.5. The number of ether oxygens (including phenoxy) is 1. The minimum absolute atomic E-state index is 0.151. The number of hydrogen-bond donors (Lipinski definition) is 2. The molecule has 3 N–H and O–H groups in total. The van der Waals surface area contributed by atoms with Gasteiger partial charge in [-0.1, -0.05) is 30.3 Å². The molecule has 1 atom stereocenters. The molecule has 3 aromatic rings. The zero-order valence-electron chi connectivity index (χ0n) is 12.2. The highest BCUT2D eigenvalue weighted by Crippen LogP contribution is 2.25. The lowest BCUT2D eigenvalue weighted by Crippen LogP contribution is -2.17. The summed E-state index contributed by atoms with van der Waals surface area (Å²) in [4.78, 5) is 3.28. The number of fused-ring (bicyclic) bond motifs is 1. The van der Waals surface area contributed by atoms with Crippen molar-refractivity contribution in [2.24, 2.45) is 5.73 Å². The fraction of sp³-hybridized carbons (Fsp3) is 0.222. The summed E-state index contributed by atoms with van der Waals surface area (Å²) in [5.74, 6) is 0.886. The normalized spacial score (nSPS) is 12.5. The molecule has 0 unspecified atom stereocenters. The lowest BCUT2D eigenvalue weighted by Gasteiger charge is -2.08. The minimum Gasteiger partial charge on any atom is -0.489 e. The summed E-state index contributed by atoms with van der Waals surface area (Å²) in [5.41, 5.74) is 9.43. The number of hydrogen-bond acceptors (Lipinski definition) is 2. The highest BCUT2D eigenvalue weighted by molar-refractivity contribution is 5.84. The standard InChI is InChI=1S/C18H20N2O/c1-13(19)9-15-11-20-18-8-7-16(10-17(15)18)21-12-14-5-3-2-4-6-14/h2-8,10-11,13,20H,9,12,19H2,1H3/t13-/m0/s1. The first-order valence-corrected chi connectivity index (χ1v) is 7.24. The lowest BCUT2D eigenvalue weighted by molar-refractivity contribution is 0.306. The smallest absolute Gasteiger partial charge is 0.120 e. The molecule has 1 aromatic heterocycles. The highest BCUT2D eigenvalue weighted by Gasteiger charge is 2.07. The first-order valence-electron chi connectivity index (χ1n) is 7.24. The van der Waals surface area contributed by atoms with Crippen molar-refractivity contribution in [2.45, 2.75) is 26.0 Å². The van der Waals surface area contributed by atoms with Gasteiger partial charge in [-0.25, -0.2) is 0 Å². The molecule has 3 heteroatoms. The Kier molecular flexibility index (Phi) is 3.93. The van der Waals surface area contributed by atoms with E-state index in [1.54, 1.807) is 0 Å². The van der Waals surface area contributed by atoms with Crippen molar-refractivity contribution in [3.05, 3.63) is 65.9 Å². The van der Waals surface area contributed by atoms with Crippen LogP contribution in [0, 0.1) is 0 Å². The Hall–Kier alpha value is -2.26. The molecule has 0 aliphatic rings. The largest absolute Gasteiger partial charge is 0.489 e. The van der Waals surface area contributed by atoms with Crippen molar-refractivity contribution >= 4 is 10.9 Å². The number of aromatic nitrogens is 1. The molecule has 0 radical (unpaired) electrons. The van der Waals surface area contributed by atoms with Crippen molar-refractivity contribution < 1.29 is 4.74 Å². The lowest BCUT2D eigenvalue weighted by atomic mass is 10.1. The van der Waals surface area contributed by atoms with Crippen LogP contribution in [0.4, 0.5) is 0 Å². The predicted molar refractivity (Wildman–Crippen MR) is 86.4 cm³/mol. The van der Waals surface area contributed by atoms with E-state index in [0.29, 0.717) is 6.61 Å². The molecule has 1 heterocycles. The van der Waals surface area contributed by atoms with Gasteiger partial charge in [-0.2, -0.15) is 0 Å². The van der Waals surface area contributed by atoms with E-state index in [2.05, 4.69) is 29.2 Å². The van der Waals surface area contributed by atoms with Gasteiger partial charge in [0, 0.05) is 23.1 Å². The fourth-order valence-electron chi connectivity index (χ4n) is 2.50. The van der Waals surface area contributed by atoms with E-state index in [0.717, 1.165) is 17.7 Å². The van der Waals surface area contributed by atoms with Gasteiger partial charge in [0.25, 0.3) is 0 Å². The van der Waals surface area contributed by atoms with Crippen LogP contribution in [-0.4, -0.2) is 11.0 Å². The molecule has 21 heavy (non-hydrogen) atoms. The minimum atomic E-state index is 0.151. The van der Waals surface area contributed by atoms with Crippen LogP contribution in [0.2, 0.25) is 0 Å². The van der Waals surface area contributed by atoms with Gasteiger partial charge in [-0.3, -0.25) is 0 Å². The molecule has 0 bridgehead atoms. The zero-order valence-corrected chi connectivity index (χ0v) is 12.2. The molecule has 0 aliphatic heterocycles. The number of nitrogens with two attached hydrogens (primary N) is 1. The van der Waals surface area contributed by atoms with Crippen LogP contribution in [-0.2, 0) is 13.0 Å². The number of rotatable bonds is 5. The third-order valence-electron chi connectivity index (χ3n) is 3.53. The summed E-state index contributed by atoms with van der Waals surface area (Å²) in [7, 11) is 0. The van der Waals surface area contributed by atoms with Crippen LogP contribution in [0.5, 0.6) is 5.75 Å². The summed E-state index contributed by atoms with van der Waals surface area (Å²) in [6.45, 7) is 2.61. The van der Waals surface area contributed by atoms with Crippen molar-refractivity contribution in [3.63, 3.8) is 0 Å². The first-order chi connectivity index (χ1) is 10.2. The van der Waals surface area contributed by atoms with Gasteiger partial charge < -0.3 is 15.5 Å². The van der Waals surface area contributed by atoms with Gasteiger partial charge in [0.05, 0.1) is 0 Å². The molecular weight excluding hydrogens is 260 g/mol. The molecule has 3 nitrogen and oxygen atoms in total. The number of aromatic amines is 1. The van der Waals surface area contributed by atoms with E-state index < -0.39 is 0 Å². The first kappa shape index (κ1) is 13.7. The average Bonchev–Trinajstić information content (AvgIpc) is 2.88. The molecule has 0 saturated heterocycles. The number of H-pyrrole nitrogens is 1. The third kappa shape index (κ3) is 3.26. The Morgan fingerprint density at radius 1 is 1.14 bits per heavy atom. The van der Waals surface area contributed by atoms with E-state index in [9.17, 15) is 0 Å². The van der Waals surface area contributed by atoms with Gasteiger partial charge in [-0.15, -0.1) is 0 Å². The van der Waals surface area contributed by atoms with Crippen LogP contribution >= 0.6 is 0 Å². The fourth-order valence-corrected chi connectivity index (χ4v) is 2.50. The number of nitrogens with one attached hydrogen (secondary N) is 1. The van der Waals surface area contributed by atoms with Crippen LogP contribution in [0.15, 0.2) is 54.7 Å². The van der Waals surface area contributed by atoms with Crippen LogP contribution in [0.25, 0.3) is 10.9 Å². The second-order valence-corrected chi connectivity index (χ2v) is 5.48. The molecule has 2 aromatic carbocycles. The molecule has 108 valence electrons.